The number of nitrogens with zero attached hydrogens (tertiary/aromatic N) is 1. The number of benzene rings is 1. The Hall–Kier alpha value is -1.25. The van der Waals surface area contributed by atoms with Crippen LogP contribution < -0.4 is 5.73 Å². The molecule has 0 unspecified atom stereocenters. The van der Waals surface area contributed by atoms with Crippen LogP contribution >= 0.6 is 11.8 Å². The molecular weight excluding hydrogens is 288 g/mol. The zero-order valence-electron chi connectivity index (χ0n) is 10.9. The van der Waals surface area contributed by atoms with Crippen molar-refractivity contribution in [3.63, 3.8) is 0 Å². The van der Waals surface area contributed by atoms with E-state index in [1.165, 1.54) is 39.4 Å². The summed E-state index contributed by atoms with van der Waals surface area (Å²) in [5, 5.41) is 0. The van der Waals surface area contributed by atoms with E-state index in [1.54, 1.807) is 0 Å². The van der Waals surface area contributed by atoms with E-state index in [-0.39, 0.29) is 10.6 Å². The number of carbonyl (C=O) groups excluding carboxylic acids is 1. The number of rotatable bonds is 5. The van der Waals surface area contributed by atoms with Crippen LogP contribution in [-0.2, 0) is 19.6 Å². The second-order valence-corrected chi connectivity index (χ2v) is 7.02. The maximum absolute atomic E-state index is 12.0. The lowest BCUT2D eigenvalue weighted by Gasteiger charge is -2.13. The third kappa shape index (κ3) is 3.85. The number of nitrogens with two attached hydrogens (primary N) is 1. The van der Waals surface area contributed by atoms with Gasteiger partial charge in [-0.05, 0) is 18.2 Å². The lowest BCUT2D eigenvalue weighted by molar-refractivity contribution is -0.137. The van der Waals surface area contributed by atoms with Crippen molar-refractivity contribution < 1.29 is 17.9 Å². The molecule has 2 N–H and O–H groups in total. The Morgan fingerprint density at radius 1 is 1.42 bits per heavy atom. The SMILES string of the molecule is COC(=O)CSc1cc(S(=O)(=O)N(C)C)ccc1N. The van der Waals surface area contributed by atoms with E-state index >= 15 is 0 Å². The molecule has 8 heteroatoms. The first-order valence-corrected chi connectivity index (χ1v) is 7.73. The quantitative estimate of drug-likeness (QED) is 0.491. The molecule has 1 rings (SSSR count). The lowest BCUT2D eigenvalue weighted by atomic mass is 10.3. The molecule has 0 fully saturated rings. The third-order valence-electron chi connectivity index (χ3n) is 2.34. The Morgan fingerprint density at radius 2 is 2.05 bits per heavy atom. The topological polar surface area (TPSA) is 89.7 Å². The second kappa shape index (κ2) is 6.27. The summed E-state index contributed by atoms with van der Waals surface area (Å²) in [6.45, 7) is 0. The van der Waals surface area contributed by atoms with Crippen molar-refractivity contribution in [2.45, 2.75) is 9.79 Å². The summed E-state index contributed by atoms with van der Waals surface area (Å²) in [7, 11) is 0.682. The van der Waals surface area contributed by atoms with Gasteiger partial charge in [0.1, 0.15) is 0 Å². The van der Waals surface area contributed by atoms with E-state index in [0.29, 0.717) is 10.6 Å². The molecule has 0 aliphatic rings. The minimum absolute atomic E-state index is 0.0756. The minimum Gasteiger partial charge on any atom is -0.468 e. The van der Waals surface area contributed by atoms with Crippen LogP contribution in [0.4, 0.5) is 5.69 Å². The summed E-state index contributed by atoms with van der Waals surface area (Å²) >= 11 is 1.14. The molecule has 0 saturated heterocycles. The Kier molecular flexibility index (Phi) is 5.21. The van der Waals surface area contributed by atoms with Gasteiger partial charge in [-0.3, -0.25) is 4.79 Å². The fraction of sp³-hybridized carbons (Fsp3) is 0.364. The highest BCUT2D eigenvalue weighted by Crippen LogP contribution is 2.28. The smallest absolute Gasteiger partial charge is 0.315 e. The highest BCUT2D eigenvalue weighted by molar-refractivity contribution is 8.00. The Balaban J connectivity index is 3.05. The van der Waals surface area contributed by atoms with E-state index in [0.717, 1.165) is 16.1 Å². The average Bonchev–Trinajstić information content (AvgIpc) is 2.36. The number of carbonyl (C=O) groups is 1. The van der Waals surface area contributed by atoms with Gasteiger partial charge in [-0.2, -0.15) is 0 Å². The van der Waals surface area contributed by atoms with Crippen LogP contribution in [0.2, 0.25) is 0 Å². The molecule has 19 heavy (non-hydrogen) atoms. The largest absolute Gasteiger partial charge is 0.468 e. The summed E-state index contributed by atoms with van der Waals surface area (Å²) in [5.74, 6) is -0.322. The molecule has 0 aliphatic heterocycles. The molecule has 0 bridgehead atoms. The van der Waals surface area contributed by atoms with Crippen molar-refractivity contribution in [2.24, 2.45) is 0 Å². The van der Waals surface area contributed by atoms with Gasteiger partial charge in [0, 0.05) is 24.7 Å². The molecule has 0 saturated carbocycles. The van der Waals surface area contributed by atoms with Crippen LogP contribution in [0.3, 0.4) is 0 Å². The summed E-state index contributed by atoms with van der Waals surface area (Å²) < 4.78 is 29.6. The monoisotopic (exact) mass is 304 g/mol. The van der Waals surface area contributed by atoms with Crippen molar-refractivity contribution in [3.8, 4) is 0 Å². The number of anilines is 1. The number of esters is 1. The van der Waals surface area contributed by atoms with Crippen molar-refractivity contribution in [3.05, 3.63) is 18.2 Å². The highest BCUT2D eigenvalue weighted by Gasteiger charge is 2.18. The van der Waals surface area contributed by atoms with E-state index in [2.05, 4.69) is 4.74 Å². The molecule has 0 atom stereocenters. The Morgan fingerprint density at radius 3 is 2.58 bits per heavy atom. The molecule has 0 aromatic heterocycles. The molecule has 0 aliphatic carbocycles. The molecule has 106 valence electrons. The fourth-order valence-corrected chi connectivity index (χ4v) is 3.05. The molecule has 1 aromatic rings. The van der Waals surface area contributed by atoms with Crippen LogP contribution in [0.5, 0.6) is 0 Å². The third-order valence-corrected chi connectivity index (χ3v) is 5.19. The van der Waals surface area contributed by atoms with Crippen LogP contribution in [0, 0.1) is 0 Å². The number of nitrogen functional groups attached to an aromatic ring is 1. The Labute approximate surface area is 117 Å². The van der Waals surface area contributed by atoms with Gasteiger partial charge in [-0.1, -0.05) is 0 Å². The van der Waals surface area contributed by atoms with Gasteiger partial charge in [0.2, 0.25) is 10.0 Å². The summed E-state index contributed by atoms with van der Waals surface area (Å²) in [6.07, 6.45) is 0. The summed E-state index contributed by atoms with van der Waals surface area (Å²) in [5.41, 5.74) is 6.18. The molecule has 0 spiro atoms. The normalized spacial score (nSPS) is 11.6. The summed E-state index contributed by atoms with van der Waals surface area (Å²) in [4.78, 5) is 11.7. The first-order valence-electron chi connectivity index (χ1n) is 5.30. The number of methoxy groups -OCH3 is 1. The maximum atomic E-state index is 12.0. The first-order chi connectivity index (χ1) is 8.78. The van der Waals surface area contributed by atoms with E-state index in [4.69, 9.17) is 5.73 Å². The van der Waals surface area contributed by atoms with Gasteiger partial charge in [0.05, 0.1) is 17.8 Å². The van der Waals surface area contributed by atoms with Gasteiger partial charge in [-0.15, -0.1) is 11.8 Å². The summed E-state index contributed by atoms with van der Waals surface area (Å²) in [6, 6.07) is 4.40. The van der Waals surface area contributed by atoms with Crippen molar-refractivity contribution in [1.29, 1.82) is 0 Å². The zero-order chi connectivity index (χ0) is 14.6. The second-order valence-electron chi connectivity index (χ2n) is 3.85. The molecule has 6 nitrogen and oxygen atoms in total. The van der Waals surface area contributed by atoms with Gasteiger partial charge in [0.15, 0.2) is 0 Å². The number of sulfonamides is 1. The van der Waals surface area contributed by atoms with Crippen molar-refractivity contribution in [1.82, 2.24) is 4.31 Å². The Bertz CT molecular complexity index is 570. The predicted octanol–water partition coefficient (Wildman–Crippen LogP) is 0.784. The van der Waals surface area contributed by atoms with Crippen LogP contribution in [-0.4, -0.2) is 45.7 Å². The number of thioether (sulfide) groups is 1. The van der Waals surface area contributed by atoms with Gasteiger partial charge >= 0.3 is 5.97 Å². The molecular formula is C11H16N2O4S2. The number of ether oxygens (including phenoxy) is 1. The van der Waals surface area contributed by atoms with E-state index in [9.17, 15) is 13.2 Å². The zero-order valence-corrected chi connectivity index (χ0v) is 12.5. The molecule has 0 heterocycles. The van der Waals surface area contributed by atoms with Gasteiger partial charge < -0.3 is 10.5 Å². The van der Waals surface area contributed by atoms with Crippen molar-refractivity contribution in [2.75, 3.05) is 32.7 Å². The van der Waals surface area contributed by atoms with Crippen LogP contribution in [0.15, 0.2) is 28.0 Å². The van der Waals surface area contributed by atoms with E-state index in [1.807, 2.05) is 0 Å². The molecule has 1 aromatic carbocycles. The van der Waals surface area contributed by atoms with Gasteiger partial charge in [0.25, 0.3) is 0 Å². The average molecular weight is 304 g/mol. The van der Waals surface area contributed by atoms with Gasteiger partial charge in [-0.25, -0.2) is 12.7 Å². The standard InChI is InChI=1S/C11H16N2O4S2/c1-13(2)19(15,16)8-4-5-9(12)10(6-8)18-7-11(14)17-3/h4-6H,7,12H2,1-3H3. The number of hydrogen-bond acceptors (Lipinski definition) is 6. The predicted molar refractivity (Wildman–Crippen MR) is 74.5 cm³/mol. The first kappa shape index (κ1) is 15.8. The van der Waals surface area contributed by atoms with Crippen LogP contribution in [0.25, 0.3) is 0 Å². The molecule has 0 radical (unpaired) electrons. The maximum Gasteiger partial charge on any atom is 0.315 e. The number of hydrogen-bond donors (Lipinski definition) is 1. The highest BCUT2D eigenvalue weighted by atomic mass is 32.2. The molecule has 0 amide bonds. The van der Waals surface area contributed by atoms with Crippen LogP contribution in [0.1, 0.15) is 0 Å². The lowest BCUT2D eigenvalue weighted by Crippen LogP contribution is -2.22. The van der Waals surface area contributed by atoms with E-state index < -0.39 is 16.0 Å². The van der Waals surface area contributed by atoms with Crippen molar-refractivity contribution >= 4 is 33.4 Å². The minimum atomic E-state index is -3.51. The fourth-order valence-electron chi connectivity index (χ4n) is 1.21.